The highest BCUT2D eigenvalue weighted by Gasteiger charge is 2.03. The fourth-order valence-corrected chi connectivity index (χ4v) is 1.66. The average Bonchev–Trinajstić information content (AvgIpc) is 2.16. The van der Waals surface area contributed by atoms with Gasteiger partial charge in [-0.15, -0.1) is 0 Å². The van der Waals surface area contributed by atoms with Crippen molar-refractivity contribution in [3.63, 3.8) is 0 Å². The number of hydrogen-bond donors (Lipinski definition) is 0. The molecule has 0 atom stereocenters. The van der Waals surface area contributed by atoms with E-state index in [0.717, 1.165) is 12.5 Å². The van der Waals surface area contributed by atoms with Crippen LogP contribution in [0.3, 0.4) is 0 Å². The predicted molar refractivity (Wildman–Crippen MR) is 69.7 cm³/mol. The SMILES string of the molecule is Cc1cccc(CN=C(N(C)C)N(C)C)c1. The number of nitrogens with zero attached hydrogens (tertiary/aromatic N) is 3. The lowest BCUT2D eigenvalue weighted by Crippen LogP contribution is -2.35. The van der Waals surface area contributed by atoms with Gasteiger partial charge in [0.25, 0.3) is 0 Å². The van der Waals surface area contributed by atoms with E-state index >= 15 is 0 Å². The van der Waals surface area contributed by atoms with Crippen molar-refractivity contribution in [2.45, 2.75) is 13.5 Å². The van der Waals surface area contributed by atoms with Gasteiger partial charge in [-0.3, -0.25) is 0 Å². The summed E-state index contributed by atoms with van der Waals surface area (Å²) in [6.45, 7) is 2.83. The van der Waals surface area contributed by atoms with E-state index in [0.29, 0.717) is 0 Å². The van der Waals surface area contributed by atoms with Crippen molar-refractivity contribution in [2.75, 3.05) is 28.2 Å². The van der Waals surface area contributed by atoms with Gasteiger partial charge in [0.15, 0.2) is 5.96 Å². The van der Waals surface area contributed by atoms with Crippen molar-refractivity contribution in [3.05, 3.63) is 35.4 Å². The summed E-state index contributed by atoms with van der Waals surface area (Å²) in [7, 11) is 8.04. The number of aryl methyl sites for hydroxylation is 1. The van der Waals surface area contributed by atoms with Gasteiger partial charge in [0.2, 0.25) is 0 Å². The summed E-state index contributed by atoms with van der Waals surface area (Å²) in [5, 5.41) is 0. The molecule has 0 aliphatic rings. The fraction of sp³-hybridized carbons (Fsp3) is 0.462. The first-order chi connectivity index (χ1) is 7.50. The van der Waals surface area contributed by atoms with Crippen molar-refractivity contribution in [1.29, 1.82) is 0 Å². The van der Waals surface area contributed by atoms with E-state index in [4.69, 9.17) is 0 Å². The van der Waals surface area contributed by atoms with Crippen molar-refractivity contribution < 1.29 is 0 Å². The lowest BCUT2D eigenvalue weighted by molar-refractivity contribution is 0.479. The molecule has 0 unspecified atom stereocenters. The molecule has 0 saturated carbocycles. The second-order valence-electron chi connectivity index (χ2n) is 4.39. The first-order valence-corrected chi connectivity index (χ1v) is 5.45. The van der Waals surface area contributed by atoms with Gasteiger partial charge in [-0.05, 0) is 12.5 Å². The third kappa shape index (κ3) is 3.57. The Hall–Kier alpha value is -1.51. The molecule has 0 heterocycles. The average molecular weight is 219 g/mol. The van der Waals surface area contributed by atoms with E-state index in [1.807, 2.05) is 38.0 Å². The van der Waals surface area contributed by atoms with E-state index in [-0.39, 0.29) is 0 Å². The molecule has 0 amide bonds. The maximum atomic E-state index is 4.60. The van der Waals surface area contributed by atoms with Crippen molar-refractivity contribution in [1.82, 2.24) is 9.80 Å². The van der Waals surface area contributed by atoms with Crippen LogP contribution in [-0.4, -0.2) is 44.0 Å². The molecule has 0 N–H and O–H groups in total. The van der Waals surface area contributed by atoms with Crippen LogP contribution in [0.15, 0.2) is 29.3 Å². The summed E-state index contributed by atoms with van der Waals surface area (Å²) in [4.78, 5) is 8.65. The molecule has 0 saturated heterocycles. The topological polar surface area (TPSA) is 18.8 Å². The fourth-order valence-electron chi connectivity index (χ4n) is 1.66. The van der Waals surface area contributed by atoms with Gasteiger partial charge in [0, 0.05) is 28.2 Å². The van der Waals surface area contributed by atoms with Crippen LogP contribution in [-0.2, 0) is 6.54 Å². The van der Waals surface area contributed by atoms with Gasteiger partial charge in [0.05, 0.1) is 6.54 Å². The molecule has 88 valence electrons. The van der Waals surface area contributed by atoms with Crippen LogP contribution in [0, 0.1) is 6.92 Å². The quantitative estimate of drug-likeness (QED) is 0.559. The van der Waals surface area contributed by atoms with Crippen LogP contribution >= 0.6 is 0 Å². The Morgan fingerprint density at radius 2 is 1.75 bits per heavy atom. The molecule has 0 bridgehead atoms. The molecule has 0 fully saturated rings. The minimum absolute atomic E-state index is 0.730. The highest BCUT2D eigenvalue weighted by atomic mass is 15.3. The molecule has 3 heteroatoms. The van der Waals surface area contributed by atoms with Gasteiger partial charge < -0.3 is 9.80 Å². The maximum Gasteiger partial charge on any atom is 0.195 e. The van der Waals surface area contributed by atoms with Gasteiger partial charge in [0.1, 0.15) is 0 Å². The number of benzene rings is 1. The molecule has 1 aromatic rings. The summed E-state index contributed by atoms with van der Waals surface area (Å²) in [6.07, 6.45) is 0. The van der Waals surface area contributed by atoms with Crippen molar-refractivity contribution in [3.8, 4) is 0 Å². The molecule has 1 aromatic carbocycles. The van der Waals surface area contributed by atoms with Crippen LogP contribution in [0.2, 0.25) is 0 Å². The van der Waals surface area contributed by atoms with Crippen LogP contribution < -0.4 is 0 Å². The van der Waals surface area contributed by atoms with Gasteiger partial charge >= 0.3 is 0 Å². The molecule has 0 radical (unpaired) electrons. The summed E-state index contributed by atoms with van der Waals surface area (Å²) in [6, 6.07) is 8.46. The van der Waals surface area contributed by atoms with Gasteiger partial charge in [-0.25, -0.2) is 4.99 Å². The molecule has 16 heavy (non-hydrogen) atoms. The van der Waals surface area contributed by atoms with Gasteiger partial charge in [-0.1, -0.05) is 29.8 Å². The number of aliphatic imine (C=N–C) groups is 1. The Morgan fingerprint density at radius 1 is 1.12 bits per heavy atom. The molecule has 3 nitrogen and oxygen atoms in total. The third-order valence-electron chi connectivity index (χ3n) is 2.29. The van der Waals surface area contributed by atoms with E-state index in [1.54, 1.807) is 0 Å². The molecule has 0 spiro atoms. The zero-order chi connectivity index (χ0) is 12.1. The van der Waals surface area contributed by atoms with E-state index < -0.39 is 0 Å². The van der Waals surface area contributed by atoms with Crippen LogP contribution in [0.1, 0.15) is 11.1 Å². The largest absolute Gasteiger partial charge is 0.349 e. The van der Waals surface area contributed by atoms with E-state index in [9.17, 15) is 0 Å². The van der Waals surface area contributed by atoms with Crippen LogP contribution in [0.4, 0.5) is 0 Å². The predicted octanol–water partition coefficient (Wildman–Crippen LogP) is 1.97. The zero-order valence-corrected chi connectivity index (χ0v) is 10.9. The van der Waals surface area contributed by atoms with Gasteiger partial charge in [-0.2, -0.15) is 0 Å². The molecule has 1 rings (SSSR count). The minimum Gasteiger partial charge on any atom is -0.349 e. The summed E-state index contributed by atoms with van der Waals surface area (Å²) in [5.74, 6) is 0.988. The Bertz CT molecular complexity index is 357. The minimum atomic E-state index is 0.730. The molecule has 0 aromatic heterocycles. The Labute approximate surface area is 98.4 Å². The first kappa shape index (κ1) is 12.6. The first-order valence-electron chi connectivity index (χ1n) is 5.45. The maximum absolute atomic E-state index is 4.60. The molecule has 0 aliphatic carbocycles. The summed E-state index contributed by atoms with van der Waals surface area (Å²) in [5.41, 5.74) is 2.53. The Kier molecular flexibility index (Phi) is 4.35. The normalized spacial score (nSPS) is 9.81. The smallest absolute Gasteiger partial charge is 0.195 e. The molecular weight excluding hydrogens is 198 g/mol. The van der Waals surface area contributed by atoms with Crippen molar-refractivity contribution >= 4 is 5.96 Å². The second kappa shape index (κ2) is 5.54. The Morgan fingerprint density at radius 3 is 2.25 bits per heavy atom. The van der Waals surface area contributed by atoms with E-state index in [1.165, 1.54) is 11.1 Å². The number of hydrogen-bond acceptors (Lipinski definition) is 1. The Balaban J connectivity index is 2.77. The highest BCUT2D eigenvalue weighted by molar-refractivity contribution is 5.79. The van der Waals surface area contributed by atoms with Crippen LogP contribution in [0.25, 0.3) is 0 Å². The molecular formula is C13H21N3. The van der Waals surface area contributed by atoms with E-state index in [2.05, 4.69) is 36.2 Å². The lowest BCUT2D eigenvalue weighted by atomic mass is 10.1. The summed E-state index contributed by atoms with van der Waals surface area (Å²) < 4.78 is 0. The van der Waals surface area contributed by atoms with Crippen molar-refractivity contribution in [2.24, 2.45) is 4.99 Å². The standard InChI is InChI=1S/C13H21N3/c1-11-7-6-8-12(9-11)10-14-13(15(2)3)16(4)5/h6-9H,10H2,1-5H3. The van der Waals surface area contributed by atoms with Crippen LogP contribution in [0.5, 0.6) is 0 Å². The number of guanidine groups is 1. The molecule has 0 aliphatic heterocycles. The lowest BCUT2D eigenvalue weighted by Gasteiger charge is -2.22. The monoisotopic (exact) mass is 219 g/mol. The number of rotatable bonds is 2. The summed E-state index contributed by atoms with van der Waals surface area (Å²) >= 11 is 0. The second-order valence-corrected chi connectivity index (χ2v) is 4.39. The zero-order valence-electron chi connectivity index (χ0n) is 10.9. The third-order valence-corrected chi connectivity index (χ3v) is 2.29. The highest BCUT2D eigenvalue weighted by Crippen LogP contribution is 2.05.